The number of aromatic nitrogens is 1. The number of nitrogens with zero attached hydrogens (tertiary/aromatic N) is 1. The van der Waals surface area contributed by atoms with Crippen LogP contribution in [-0.4, -0.2) is 23.5 Å². The topological polar surface area (TPSA) is 63.2 Å². The van der Waals surface area contributed by atoms with E-state index in [1.54, 1.807) is 19.5 Å². The second-order valence-electron chi connectivity index (χ2n) is 6.19. The van der Waals surface area contributed by atoms with Gasteiger partial charge in [0.05, 0.1) is 13.2 Å². The predicted molar refractivity (Wildman–Crippen MR) is 96.1 cm³/mol. The molecule has 0 aliphatic heterocycles. The molecule has 1 aromatic carbocycles. The minimum Gasteiger partial charge on any atom is -0.497 e. The van der Waals surface area contributed by atoms with Crippen LogP contribution in [0.2, 0.25) is 0 Å². The van der Waals surface area contributed by atoms with Gasteiger partial charge in [-0.2, -0.15) is 0 Å². The molecule has 1 amide bonds. The van der Waals surface area contributed by atoms with Crippen molar-refractivity contribution in [1.82, 2.24) is 10.3 Å². The largest absolute Gasteiger partial charge is 0.497 e. The van der Waals surface area contributed by atoms with Gasteiger partial charge < -0.3 is 15.4 Å². The lowest BCUT2D eigenvalue weighted by Crippen LogP contribution is -2.48. The monoisotopic (exact) mass is 327 g/mol. The second kappa shape index (κ2) is 7.81. The van der Waals surface area contributed by atoms with Crippen LogP contribution in [0.5, 0.6) is 5.75 Å². The van der Waals surface area contributed by atoms with Crippen LogP contribution in [0.1, 0.15) is 38.8 Å². The summed E-state index contributed by atoms with van der Waals surface area (Å²) in [5.74, 6) is 0.730. The van der Waals surface area contributed by atoms with Crippen molar-refractivity contribution >= 4 is 11.6 Å². The van der Waals surface area contributed by atoms with E-state index in [1.807, 2.05) is 50.2 Å². The average Bonchev–Trinajstić information content (AvgIpc) is 2.60. The summed E-state index contributed by atoms with van der Waals surface area (Å²) in [6.45, 7) is 5.78. The quantitative estimate of drug-likeness (QED) is 0.816. The van der Waals surface area contributed by atoms with Crippen molar-refractivity contribution in [3.8, 4) is 5.75 Å². The molecule has 0 saturated heterocycles. The van der Waals surface area contributed by atoms with Gasteiger partial charge in [0.15, 0.2) is 0 Å². The number of rotatable bonds is 7. The molecule has 0 fully saturated rings. The number of hydrogen-bond donors (Lipinski definition) is 2. The van der Waals surface area contributed by atoms with Crippen molar-refractivity contribution in [2.45, 2.75) is 38.8 Å². The van der Waals surface area contributed by atoms with Crippen molar-refractivity contribution < 1.29 is 9.53 Å². The molecule has 0 saturated carbocycles. The molecular formula is C19H25N3O2. The van der Waals surface area contributed by atoms with Crippen LogP contribution >= 0.6 is 0 Å². The predicted octanol–water partition coefficient (Wildman–Crippen LogP) is 3.55. The van der Waals surface area contributed by atoms with Crippen LogP contribution in [0.4, 0.5) is 5.69 Å². The first kappa shape index (κ1) is 17.8. The number of nitrogens with one attached hydrogen (secondary N) is 2. The van der Waals surface area contributed by atoms with Gasteiger partial charge in [0, 0.05) is 18.1 Å². The van der Waals surface area contributed by atoms with E-state index in [0.717, 1.165) is 23.4 Å². The average molecular weight is 327 g/mol. The smallest absolute Gasteiger partial charge is 0.245 e. The molecule has 1 aromatic heterocycles. The summed E-state index contributed by atoms with van der Waals surface area (Å²) >= 11 is 0. The van der Waals surface area contributed by atoms with Crippen LogP contribution in [0.25, 0.3) is 0 Å². The van der Waals surface area contributed by atoms with E-state index >= 15 is 0 Å². The Morgan fingerprint density at radius 1 is 1.17 bits per heavy atom. The molecule has 5 nitrogen and oxygen atoms in total. The van der Waals surface area contributed by atoms with Crippen molar-refractivity contribution in [2.75, 3.05) is 12.4 Å². The maximum absolute atomic E-state index is 12.7. The third kappa shape index (κ3) is 4.47. The third-order valence-corrected chi connectivity index (χ3v) is 3.94. The molecule has 0 bridgehead atoms. The summed E-state index contributed by atoms with van der Waals surface area (Å²) in [6, 6.07) is 11.3. The highest BCUT2D eigenvalue weighted by atomic mass is 16.5. The van der Waals surface area contributed by atoms with Gasteiger partial charge in [0.2, 0.25) is 5.91 Å². The molecule has 24 heavy (non-hydrogen) atoms. The molecule has 1 heterocycles. The molecular weight excluding hydrogens is 302 g/mol. The third-order valence-electron chi connectivity index (χ3n) is 3.94. The summed E-state index contributed by atoms with van der Waals surface area (Å²) in [5, 5.41) is 6.38. The number of amides is 1. The van der Waals surface area contributed by atoms with E-state index in [-0.39, 0.29) is 11.9 Å². The van der Waals surface area contributed by atoms with Crippen LogP contribution in [0.3, 0.4) is 0 Å². The Hall–Kier alpha value is -2.56. The number of benzene rings is 1. The van der Waals surface area contributed by atoms with E-state index in [9.17, 15) is 4.79 Å². The van der Waals surface area contributed by atoms with E-state index < -0.39 is 5.54 Å². The summed E-state index contributed by atoms with van der Waals surface area (Å²) in [7, 11) is 1.63. The molecule has 1 atom stereocenters. The zero-order valence-electron chi connectivity index (χ0n) is 14.7. The lowest BCUT2D eigenvalue weighted by atomic mass is 10.0. The van der Waals surface area contributed by atoms with E-state index in [2.05, 4.69) is 22.5 Å². The highest BCUT2D eigenvalue weighted by molar-refractivity contribution is 5.88. The Morgan fingerprint density at radius 2 is 1.79 bits per heavy atom. The number of hydrogen-bond acceptors (Lipinski definition) is 4. The molecule has 0 aliphatic rings. The van der Waals surface area contributed by atoms with Gasteiger partial charge in [-0.3, -0.25) is 9.78 Å². The van der Waals surface area contributed by atoms with Gasteiger partial charge in [-0.25, -0.2) is 0 Å². The summed E-state index contributed by atoms with van der Waals surface area (Å²) in [6.07, 6.45) is 4.30. The maximum atomic E-state index is 12.7. The minimum atomic E-state index is -0.741. The summed E-state index contributed by atoms with van der Waals surface area (Å²) in [4.78, 5) is 16.7. The lowest BCUT2D eigenvalue weighted by Gasteiger charge is -2.29. The molecule has 0 aliphatic carbocycles. The Bertz CT molecular complexity index is 654. The van der Waals surface area contributed by atoms with E-state index in [1.165, 1.54) is 0 Å². The van der Waals surface area contributed by atoms with Gasteiger partial charge >= 0.3 is 0 Å². The van der Waals surface area contributed by atoms with Crippen LogP contribution in [-0.2, 0) is 4.79 Å². The minimum absolute atomic E-state index is 0.0301. The summed E-state index contributed by atoms with van der Waals surface area (Å²) in [5.41, 5.74) is 1.18. The molecule has 2 N–H and O–H groups in total. The van der Waals surface area contributed by atoms with Gasteiger partial charge in [-0.05, 0) is 62.2 Å². The highest BCUT2D eigenvalue weighted by Crippen LogP contribution is 2.21. The second-order valence-corrected chi connectivity index (χ2v) is 6.19. The van der Waals surface area contributed by atoms with Gasteiger partial charge in [-0.1, -0.05) is 6.92 Å². The molecule has 0 unspecified atom stereocenters. The van der Waals surface area contributed by atoms with Crippen LogP contribution < -0.4 is 15.4 Å². The Kier molecular flexibility index (Phi) is 5.79. The Balaban J connectivity index is 2.05. The first-order valence-electron chi connectivity index (χ1n) is 8.09. The van der Waals surface area contributed by atoms with Crippen molar-refractivity contribution in [1.29, 1.82) is 0 Å². The maximum Gasteiger partial charge on any atom is 0.245 e. The van der Waals surface area contributed by atoms with E-state index in [0.29, 0.717) is 0 Å². The normalized spacial score (nSPS) is 12.3. The number of methoxy groups -OCH3 is 1. The van der Waals surface area contributed by atoms with Gasteiger partial charge in [0.25, 0.3) is 0 Å². The summed E-state index contributed by atoms with van der Waals surface area (Å²) < 4.78 is 5.15. The zero-order valence-corrected chi connectivity index (χ0v) is 14.7. The standard InChI is InChI=1S/C19H25N3O2/c1-5-17(14-10-12-20-13-11-14)21-18(23)19(2,3)22-15-6-8-16(24-4)9-7-15/h6-13,17,22H,5H2,1-4H3,(H,21,23)/t17-/m1/s1. The number of anilines is 1. The van der Waals surface area contributed by atoms with E-state index in [4.69, 9.17) is 4.74 Å². The number of carbonyl (C=O) groups is 1. The van der Waals surface area contributed by atoms with Crippen molar-refractivity contribution in [3.63, 3.8) is 0 Å². The van der Waals surface area contributed by atoms with Gasteiger partial charge in [-0.15, -0.1) is 0 Å². The van der Waals surface area contributed by atoms with Gasteiger partial charge in [0.1, 0.15) is 11.3 Å². The van der Waals surface area contributed by atoms with Crippen molar-refractivity contribution in [2.24, 2.45) is 0 Å². The fraction of sp³-hybridized carbons (Fsp3) is 0.368. The zero-order chi connectivity index (χ0) is 17.6. The first-order valence-corrected chi connectivity index (χ1v) is 8.09. The van der Waals surface area contributed by atoms with Crippen LogP contribution in [0, 0.1) is 0 Å². The number of ether oxygens (including phenoxy) is 1. The molecule has 0 radical (unpaired) electrons. The Morgan fingerprint density at radius 3 is 2.33 bits per heavy atom. The Labute approximate surface area is 143 Å². The lowest BCUT2D eigenvalue weighted by molar-refractivity contribution is -0.125. The van der Waals surface area contributed by atoms with Crippen molar-refractivity contribution in [3.05, 3.63) is 54.4 Å². The fourth-order valence-electron chi connectivity index (χ4n) is 2.45. The first-order chi connectivity index (χ1) is 11.5. The molecule has 128 valence electrons. The SMILES string of the molecule is CC[C@@H](NC(=O)C(C)(C)Nc1ccc(OC)cc1)c1ccncc1. The fourth-order valence-corrected chi connectivity index (χ4v) is 2.45. The number of carbonyl (C=O) groups excluding carboxylic acids is 1. The molecule has 2 rings (SSSR count). The molecule has 2 aromatic rings. The molecule has 5 heteroatoms. The van der Waals surface area contributed by atoms with Crippen LogP contribution in [0.15, 0.2) is 48.8 Å². The highest BCUT2D eigenvalue weighted by Gasteiger charge is 2.29. The number of pyridine rings is 1. The molecule has 0 spiro atoms.